The molecule has 8 aliphatic carbocycles. The van der Waals surface area contributed by atoms with Crippen molar-refractivity contribution in [3.05, 3.63) is 48.6 Å². The lowest BCUT2D eigenvalue weighted by Crippen LogP contribution is -2.57. The predicted molar refractivity (Wildman–Crippen MR) is 105 cm³/mol. The zero-order chi connectivity index (χ0) is 21.6. The molecule has 12 atom stereocenters. The minimum Gasteiger partial charge on any atom is -0.481 e. The number of aliphatic carboxylic acids is 2. The largest absolute Gasteiger partial charge is 0.481 e. The van der Waals surface area contributed by atoms with E-state index in [4.69, 9.17) is 4.74 Å². The molecule has 0 aromatic carbocycles. The van der Waals surface area contributed by atoms with Gasteiger partial charge in [-0.1, -0.05) is 48.6 Å². The molecule has 0 spiro atoms. The van der Waals surface area contributed by atoms with Crippen molar-refractivity contribution in [2.24, 2.45) is 71.0 Å². The topological polar surface area (TPSA) is 118 Å². The SMILES string of the molecule is O=C(O)C1C2C=CC(C3C=CC32)C1C(=O)OC(=O)C1C2C=CC(C3C=CC32)C1C(=O)O. The minimum absolute atomic E-state index is 0.0829. The Hall–Kier alpha value is -2.96. The van der Waals surface area contributed by atoms with E-state index >= 15 is 0 Å². The third-order valence-electron chi connectivity index (χ3n) is 8.64. The Balaban J connectivity index is 1.27. The molecule has 2 N–H and O–H groups in total. The van der Waals surface area contributed by atoms with Gasteiger partial charge in [0.15, 0.2) is 0 Å². The summed E-state index contributed by atoms with van der Waals surface area (Å²) in [7, 11) is 0. The van der Waals surface area contributed by atoms with Crippen molar-refractivity contribution < 1.29 is 34.1 Å². The third kappa shape index (κ3) is 2.34. The van der Waals surface area contributed by atoms with Crippen molar-refractivity contribution in [2.45, 2.75) is 0 Å². The summed E-state index contributed by atoms with van der Waals surface area (Å²) in [6.07, 6.45) is 15.4. The van der Waals surface area contributed by atoms with E-state index in [0.29, 0.717) is 0 Å². The van der Waals surface area contributed by atoms with Crippen LogP contribution in [-0.4, -0.2) is 34.1 Å². The molecule has 0 aromatic rings. The Morgan fingerprint density at radius 3 is 0.968 bits per heavy atom. The molecule has 7 nitrogen and oxygen atoms in total. The highest BCUT2D eigenvalue weighted by molar-refractivity contribution is 5.93. The van der Waals surface area contributed by atoms with E-state index in [1.165, 1.54) is 0 Å². The average Bonchev–Trinajstić information content (AvgIpc) is 2.65. The lowest BCUT2D eigenvalue weighted by Gasteiger charge is -2.54. The summed E-state index contributed by atoms with van der Waals surface area (Å²) in [4.78, 5) is 50.3. The fourth-order valence-corrected chi connectivity index (χ4v) is 7.17. The number of ether oxygens (including phenoxy) is 1. The summed E-state index contributed by atoms with van der Waals surface area (Å²) < 4.78 is 5.29. The first kappa shape index (κ1) is 18.8. The molecule has 0 heterocycles. The van der Waals surface area contributed by atoms with Crippen LogP contribution in [0.1, 0.15) is 0 Å². The van der Waals surface area contributed by atoms with Crippen LogP contribution in [0.2, 0.25) is 0 Å². The lowest BCUT2D eigenvalue weighted by atomic mass is 9.49. The fourth-order valence-electron chi connectivity index (χ4n) is 7.17. The first-order chi connectivity index (χ1) is 14.9. The smallest absolute Gasteiger partial charge is 0.318 e. The van der Waals surface area contributed by atoms with Crippen molar-refractivity contribution in [1.82, 2.24) is 0 Å². The summed E-state index contributed by atoms with van der Waals surface area (Å²) >= 11 is 0. The molecule has 0 radical (unpaired) electrons. The van der Waals surface area contributed by atoms with Gasteiger partial charge in [-0.2, -0.15) is 0 Å². The average molecular weight is 422 g/mol. The minimum atomic E-state index is -1.07. The molecule has 7 heteroatoms. The quantitative estimate of drug-likeness (QED) is 0.404. The highest BCUT2D eigenvalue weighted by atomic mass is 16.6. The van der Waals surface area contributed by atoms with Gasteiger partial charge < -0.3 is 14.9 Å². The van der Waals surface area contributed by atoms with Crippen LogP contribution in [0.25, 0.3) is 0 Å². The number of fused-ring (bicyclic) bond motifs is 2. The molecular formula is C24H22O7. The number of hydrogen-bond acceptors (Lipinski definition) is 5. The van der Waals surface area contributed by atoms with Gasteiger partial charge in [0, 0.05) is 0 Å². The number of esters is 2. The Morgan fingerprint density at radius 2 is 0.710 bits per heavy atom. The first-order valence-corrected chi connectivity index (χ1v) is 10.8. The van der Waals surface area contributed by atoms with E-state index in [1.807, 2.05) is 48.6 Å². The second-order valence-electron chi connectivity index (χ2n) is 9.68. The highest BCUT2D eigenvalue weighted by Gasteiger charge is 2.60. The number of rotatable bonds is 4. The number of hydrogen-bond donors (Lipinski definition) is 2. The van der Waals surface area contributed by atoms with Crippen molar-refractivity contribution in [1.29, 1.82) is 0 Å². The predicted octanol–water partition coefficient (Wildman–Crippen LogP) is 1.93. The molecule has 2 saturated carbocycles. The van der Waals surface area contributed by atoms with Crippen molar-refractivity contribution in [3.63, 3.8) is 0 Å². The van der Waals surface area contributed by atoms with Gasteiger partial charge >= 0.3 is 23.9 Å². The Kier molecular flexibility index (Phi) is 3.80. The number of carboxylic acids is 2. The Bertz CT molecular complexity index is 939. The standard InChI is InChI=1S/C24H22O7/c25-21(26)17-13-5-7-15(11-3-1-9(11)13)19(17)23(29)31-24(30)20-16-8-6-14(18(20)22(27)28)10-2-4-12(10)16/h1-20H,(H,25,26)(H,27,28). The van der Waals surface area contributed by atoms with Gasteiger partial charge in [0.05, 0.1) is 23.7 Å². The van der Waals surface area contributed by atoms with Gasteiger partial charge in [-0.05, 0) is 47.3 Å². The van der Waals surface area contributed by atoms with E-state index in [1.54, 1.807) is 0 Å². The van der Waals surface area contributed by atoms with Crippen LogP contribution in [0.4, 0.5) is 0 Å². The first-order valence-electron chi connectivity index (χ1n) is 10.8. The van der Waals surface area contributed by atoms with Crippen LogP contribution in [0, 0.1) is 71.0 Å². The molecule has 0 saturated heterocycles. The van der Waals surface area contributed by atoms with Crippen LogP contribution < -0.4 is 0 Å². The van der Waals surface area contributed by atoms with Crippen molar-refractivity contribution in [2.75, 3.05) is 0 Å². The third-order valence-corrected chi connectivity index (χ3v) is 8.64. The molecule has 0 aromatic heterocycles. The van der Waals surface area contributed by atoms with Gasteiger partial charge in [0.25, 0.3) is 0 Å². The van der Waals surface area contributed by atoms with Gasteiger partial charge in [-0.15, -0.1) is 0 Å². The van der Waals surface area contributed by atoms with Gasteiger partial charge in [-0.25, -0.2) is 0 Å². The Morgan fingerprint density at radius 1 is 0.452 bits per heavy atom. The van der Waals surface area contributed by atoms with Crippen LogP contribution in [-0.2, 0) is 23.9 Å². The summed E-state index contributed by atoms with van der Waals surface area (Å²) in [6.45, 7) is 0. The molecule has 12 unspecified atom stereocenters. The molecule has 8 rings (SSSR count). The second-order valence-corrected chi connectivity index (χ2v) is 9.68. The molecular weight excluding hydrogens is 400 g/mol. The van der Waals surface area contributed by atoms with Crippen LogP contribution >= 0.6 is 0 Å². The van der Waals surface area contributed by atoms with Gasteiger partial charge in [0.1, 0.15) is 0 Å². The van der Waals surface area contributed by atoms with Crippen LogP contribution in [0.15, 0.2) is 48.6 Å². The van der Waals surface area contributed by atoms with E-state index in [2.05, 4.69) is 0 Å². The van der Waals surface area contributed by atoms with Crippen molar-refractivity contribution >= 4 is 23.9 Å². The number of allylic oxidation sites excluding steroid dienone is 8. The normalized spacial score (nSPS) is 48.9. The molecule has 0 amide bonds. The second kappa shape index (κ2) is 6.28. The molecule has 0 aliphatic heterocycles. The zero-order valence-electron chi connectivity index (χ0n) is 16.5. The maximum Gasteiger partial charge on any atom is 0.318 e. The maximum absolute atomic E-state index is 13.1. The van der Waals surface area contributed by atoms with E-state index in [0.717, 1.165) is 0 Å². The van der Waals surface area contributed by atoms with Crippen LogP contribution in [0.5, 0.6) is 0 Å². The van der Waals surface area contributed by atoms with Crippen LogP contribution in [0.3, 0.4) is 0 Å². The number of carboxylic acid groups (broad SMARTS) is 2. The summed E-state index contributed by atoms with van der Waals surface area (Å²) in [5.74, 6) is -8.47. The molecule has 8 aliphatic rings. The monoisotopic (exact) mass is 422 g/mol. The molecule has 2 fully saturated rings. The number of carbonyl (C=O) groups is 4. The van der Waals surface area contributed by atoms with E-state index in [9.17, 15) is 29.4 Å². The molecule has 4 bridgehead atoms. The lowest BCUT2D eigenvalue weighted by molar-refractivity contribution is -0.182. The fraction of sp³-hybridized carbons (Fsp3) is 0.500. The maximum atomic E-state index is 13.1. The highest BCUT2D eigenvalue weighted by Crippen LogP contribution is 2.58. The summed E-state index contributed by atoms with van der Waals surface area (Å²) in [6, 6.07) is 0. The summed E-state index contributed by atoms with van der Waals surface area (Å²) in [5.41, 5.74) is 0. The zero-order valence-corrected chi connectivity index (χ0v) is 16.5. The Labute approximate surface area is 178 Å². The molecule has 160 valence electrons. The van der Waals surface area contributed by atoms with Crippen molar-refractivity contribution in [3.8, 4) is 0 Å². The number of carbonyl (C=O) groups excluding carboxylic acids is 2. The molecule has 31 heavy (non-hydrogen) atoms. The summed E-state index contributed by atoms with van der Waals surface area (Å²) in [5, 5.41) is 19.6. The van der Waals surface area contributed by atoms with E-state index in [-0.39, 0.29) is 47.3 Å². The van der Waals surface area contributed by atoms with Gasteiger partial charge in [-0.3, -0.25) is 19.2 Å². The van der Waals surface area contributed by atoms with Gasteiger partial charge in [0.2, 0.25) is 0 Å². The van der Waals surface area contributed by atoms with E-state index < -0.39 is 47.5 Å².